The van der Waals surface area contributed by atoms with Crippen molar-refractivity contribution >= 4 is 12.0 Å². The predicted octanol–water partition coefficient (Wildman–Crippen LogP) is 1.44. The maximum absolute atomic E-state index is 11.8. The first-order valence-corrected chi connectivity index (χ1v) is 5.71. The molecule has 0 aromatic carbocycles. The zero-order valence-electron chi connectivity index (χ0n) is 9.95. The van der Waals surface area contributed by atoms with E-state index < -0.39 is 5.97 Å². The molecule has 0 unspecified atom stereocenters. The summed E-state index contributed by atoms with van der Waals surface area (Å²) < 4.78 is 0. The molecule has 1 heterocycles. The smallest absolute Gasteiger partial charge is 0.317 e. The number of likely N-dealkylation sites (tertiary alicyclic amines) is 1. The average molecular weight is 228 g/mol. The Bertz CT molecular complexity index is 276. The van der Waals surface area contributed by atoms with E-state index in [9.17, 15) is 9.59 Å². The molecule has 1 saturated heterocycles. The van der Waals surface area contributed by atoms with Crippen LogP contribution in [0.1, 0.15) is 39.5 Å². The summed E-state index contributed by atoms with van der Waals surface area (Å²) in [6.07, 6.45) is 2.64. The second-order valence-electron chi connectivity index (χ2n) is 4.80. The molecule has 16 heavy (non-hydrogen) atoms. The molecule has 0 aromatic rings. The number of aliphatic carboxylic acids is 1. The summed E-state index contributed by atoms with van der Waals surface area (Å²) in [6, 6.07) is -0.0760. The molecule has 5 nitrogen and oxygen atoms in total. The van der Waals surface area contributed by atoms with Gasteiger partial charge in [0, 0.05) is 25.0 Å². The van der Waals surface area contributed by atoms with Gasteiger partial charge in [0.25, 0.3) is 0 Å². The first-order chi connectivity index (χ1) is 7.43. The summed E-state index contributed by atoms with van der Waals surface area (Å²) in [7, 11) is 0. The van der Waals surface area contributed by atoms with Crippen molar-refractivity contribution < 1.29 is 14.7 Å². The molecule has 2 N–H and O–H groups in total. The summed E-state index contributed by atoms with van der Waals surface area (Å²) in [6.45, 7) is 5.32. The van der Waals surface area contributed by atoms with Crippen LogP contribution >= 0.6 is 0 Å². The van der Waals surface area contributed by atoms with Crippen molar-refractivity contribution in [3.05, 3.63) is 0 Å². The fourth-order valence-corrected chi connectivity index (χ4v) is 2.01. The van der Waals surface area contributed by atoms with Crippen LogP contribution in [0.5, 0.6) is 0 Å². The minimum absolute atomic E-state index is 0.0725. The Hall–Kier alpha value is -1.26. The first-order valence-electron chi connectivity index (χ1n) is 5.71. The molecule has 1 fully saturated rings. The Morgan fingerprint density at radius 2 is 2.12 bits per heavy atom. The monoisotopic (exact) mass is 228 g/mol. The number of rotatable bonds is 4. The maximum atomic E-state index is 11.8. The lowest BCUT2D eigenvalue weighted by Gasteiger charge is -2.31. The number of carbonyl (C=O) groups is 2. The summed E-state index contributed by atoms with van der Waals surface area (Å²) in [5.74, 6) is -0.823. The van der Waals surface area contributed by atoms with Crippen LogP contribution in [0.15, 0.2) is 0 Å². The molecule has 92 valence electrons. The van der Waals surface area contributed by atoms with Gasteiger partial charge in [0.2, 0.25) is 0 Å². The van der Waals surface area contributed by atoms with Crippen LogP contribution in [0, 0.1) is 0 Å². The minimum atomic E-state index is -0.823. The Balaban J connectivity index is 2.27. The second kappa shape index (κ2) is 5.18. The van der Waals surface area contributed by atoms with Gasteiger partial charge in [-0.25, -0.2) is 4.79 Å². The molecule has 1 aliphatic heterocycles. The molecule has 0 bridgehead atoms. The largest absolute Gasteiger partial charge is 0.481 e. The molecule has 0 saturated carbocycles. The van der Waals surface area contributed by atoms with Crippen LogP contribution in [0.2, 0.25) is 0 Å². The van der Waals surface area contributed by atoms with Gasteiger partial charge in [0.05, 0.1) is 0 Å². The van der Waals surface area contributed by atoms with Gasteiger partial charge >= 0.3 is 12.0 Å². The number of urea groups is 1. The predicted molar refractivity (Wildman–Crippen MR) is 60.3 cm³/mol. The second-order valence-corrected chi connectivity index (χ2v) is 4.80. The zero-order valence-corrected chi connectivity index (χ0v) is 9.95. The van der Waals surface area contributed by atoms with E-state index in [4.69, 9.17) is 5.11 Å². The third-order valence-electron chi connectivity index (χ3n) is 2.99. The van der Waals surface area contributed by atoms with Crippen molar-refractivity contribution in [1.82, 2.24) is 10.2 Å². The lowest BCUT2D eigenvalue weighted by molar-refractivity contribution is -0.137. The van der Waals surface area contributed by atoms with Gasteiger partial charge in [-0.3, -0.25) is 4.79 Å². The zero-order chi connectivity index (χ0) is 12.2. The molecule has 0 aromatic heterocycles. The van der Waals surface area contributed by atoms with E-state index in [1.54, 1.807) is 0 Å². The number of carboxylic acids is 1. The number of amides is 2. The van der Waals surface area contributed by atoms with Crippen molar-refractivity contribution in [2.75, 3.05) is 13.1 Å². The highest BCUT2D eigenvalue weighted by molar-refractivity contribution is 5.75. The molecule has 0 spiro atoms. The van der Waals surface area contributed by atoms with E-state index in [2.05, 4.69) is 19.2 Å². The van der Waals surface area contributed by atoms with Gasteiger partial charge in [0.15, 0.2) is 0 Å². The van der Waals surface area contributed by atoms with Gasteiger partial charge in [-0.1, -0.05) is 0 Å². The van der Waals surface area contributed by atoms with Crippen LogP contribution in [0.25, 0.3) is 0 Å². The van der Waals surface area contributed by atoms with E-state index >= 15 is 0 Å². The van der Waals surface area contributed by atoms with E-state index in [1.807, 2.05) is 4.90 Å². The number of hydrogen-bond donors (Lipinski definition) is 2. The lowest BCUT2D eigenvalue weighted by Crippen LogP contribution is -2.48. The normalized spacial score (nSPS) is 18.5. The number of nitrogens with zero attached hydrogens (tertiary/aromatic N) is 1. The lowest BCUT2D eigenvalue weighted by atomic mass is 10.0. The Morgan fingerprint density at radius 3 is 2.62 bits per heavy atom. The molecule has 2 amide bonds. The molecule has 5 heteroatoms. The summed E-state index contributed by atoms with van der Waals surface area (Å²) >= 11 is 0. The van der Waals surface area contributed by atoms with Crippen molar-refractivity contribution in [1.29, 1.82) is 0 Å². The van der Waals surface area contributed by atoms with Gasteiger partial charge in [-0.2, -0.15) is 0 Å². The number of hydrogen-bond acceptors (Lipinski definition) is 2. The highest BCUT2D eigenvalue weighted by Crippen LogP contribution is 2.27. The fraction of sp³-hybridized carbons (Fsp3) is 0.818. The number of nitrogens with one attached hydrogen (secondary N) is 1. The standard InChI is InChI=1S/C11H20N2O3/c1-11(2)6-4-8-13(11)10(16)12-7-3-5-9(14)15/h3-8H2,1-2H3,(H,12,16)(H,14,15). The average Bonchev–Trinajstić information content (AvgIpc) is 2.52. The third-order valence-corrected chi connectivity index (χ3v) is 2.99. The molecular formula is C11H20N2O3. The molecule has 0 radical (unpaired) electrons. The Morgan fingerprint density at radius 1 is 1.44 bits per heavy atom. The van der Waals surface area contributed by atoms with Crippen LogP contribution in [0.3, 0.4) is 0 Å². The quantitative estimate of drug-likeness (QED) is 0.715. The minimum Gasteiger partial charge on any atom is -0.481 e. The Kier molecular flexibility index (Phi) is 4.15. The molecule has 1 rings (SSSR count). The topological polar surface area (TPSA) is 69.6 Å². The van der Waals surface area contributed by atoms with E-state index in [0.29, 0.717) is 13.0 Å². The first kappa shape index (κ1) is 12.8. The molecule has 0 aliphatic carbocycles. The van der Waals surface area contributed by atoms with Gasteiger partial charge in [-0.15, -0.1) is 0 Å². The fourth-order valence-electron chi connectivity index (χ4n) is 2.01. The number of carboxylic acid groups (broad SMARTS) is 1. The highest BCUT2D eigenvalue weighted by atomic mass is 16.4. The van der Waals surface area contributed by atoms with Crippen molar-refractivity contribution in [3.8, 4) is 0 Å². The van der Waals surface area contributed by atoms with Gasteiger partial charge in [0.1, 0.15) is 0 Å². The van der Waals surface area contributed by atoms with Crippen LogP contribution < -0.4 is 5.32 Å². The van der Waals surface area contributed by atoms with Crippen LogP contribution in [0.4, 0.5) is 4.79 Å². The van der Waals surface area contributed by atoms with Crippen LogP contribution in [-0.4, -0.2) is 40.6 Å². The summed E-state index contributed by atoms with van der Waals surface area (Å²) in [5, 5.41) is 11.2. The summed E-state index contributed by atoms with van der Waals surface area (Å²) in [5.41, 5.74) is -0.0725. The van der Waals surface area contributed by atoms with E-state index in [0.717, 1.165) is 19.4 Å². The van der Waals surface area contributed by atoms with Gasteiger partial charge < -0.3 is 15.3 Å². The molecular weight excluding hydrogens is 208 g/mol. The van der Waals surface area contributed by atoms with E-state index in [-0.39, 0.29) is 18.0 Å². The van der Waals surface area contributed by atoms with Crippen molar-refractivity contribution in [3.63, 3.8) is 0 Å². The highest BCUT2D eigenvalue weighted by Gasteiger charge is 2.35. The van der Waals surface area contributed by atoms with Crippen molar-refractivity contribution in [2.24, 2.45) is 0 Å². The molecule has 1 aliphatic rings. The SMILES string of the molecule is CC1(C)CCCN1C(=O)NCCCC(=O)O. The summed E-state index contributed by atoms with van der Waals surface area (Å²) in [4.78, 5) is 23.9. The third kappa shape index (κ3) is 3.40. The van der Waals surface area contributed by atoms with Crippen LogP contribution in [-0.2, 0) is 4.79 Å². The number of carbonyl (C=O) groups excluding carboxylic acids is 1. The maximum Gasteiger partial charge on any atom is 0.317 e. The van der Waals surface area contributed by atoms with Gasteiger partial charge in [-0.05, 0) is 33.1 Å². The van der Waals surface area contributed by atoms with Crippen molar-refractivity contribution in [2.45, 2.75) is 45.1 Å². The Labute approximate surface area is 95.8 Å². The molecule has 0 atom stereocenters. The van der Waals surface area contributed by atoms with E-state index in [1.165, 1.54) is 0 Å².